The normalized spacial score (nSPS) is 22.5. The first-order valence-corrected chi connectivity index (χ1v) is 8.39. The second-order valence-corrected chi connectivity index (χ2v) is 6.29. The van der Waals surface area contributed by atoms with Gasteiger partial charge in [0.25, 0.3) is 0 Å². The van der Waals surface area contributed by atoms with E-state index >= 15 is 0 Å². The van der Waals surface area contributed by atoms with Crippen molar-refractivity contribution >= 4 is 17.6 Å². The number of benzene rings is 1. The Labute approximate surface area is 129 Å². The monoisotopic (exact) mass is 309 g/mol. The van der Waals surface area contributed by atoms with Crippen molar-refractivity contribution in [3.05, 3.63) is 29.3 Å². The molecule has 21 heavy (non-hydrogen) atoms. The van der Waals surface area contributed by atoms with Crippen LogP contribution >= 0.6 is 11.8 Å². The van der Waals surface area contributed by atoms with Gasteiger partial charge in [0, 0.05) is 17.8 Å². The van der Waals surface area contributed by atoms with Crippen LogP contribution < -0.4 is 15.8 Å². The number of nitrogens with one attached hydrogen (secondary N) is 1. The lowest BCUT2D eigenvalue weighted by atomic mass is 10.1. The van der Waals surface area contributed by atoms with E-state index in [0.717, 1.165) is 12.1 Å². The van der Waals surface area contributed by atoms with Crippen molar-refractivity contribution in [3.63, 3.8) is 0 Å². The first-order valence-electron chi connectivity index (χ1n) is 7.10. The Hall–Kier alpha value is -1.40. The maximum Gasteiger partial charge on any atom is 0.173 e. The van der Waals surface area contributed by atoms with Gasteiger partial charge in [-0.15, -0.1) is 0 Å². The molecule has 2 unspecified atom stereocenters. The Balaban J connectivity index is 2.04. The summed E-state index contributed by atoms with van der Waals surface area (Å²) in [6, 6.07) is 6.32. The predicted octanol–water partition coefficient (Wildman–Crippen LogP) is 2.16. The van der Waals surface area contributed by atoms with Crippen LogP contribution in [0.4, 0.5) is 0 Å². The minimum Gasteiger partial charge on any atom is -0.496 e. The molecule has 0 spiro atoms. The summed E-state index contributed by atoms with van der Waals surface area (Å²) in [6.45, 7) is 0.800. The lowest BCUT2D eigenvalue weighted by Crippen LogP contribution is -2.33. The minimum absolute atomic E-state index is 0.0598. The summed E-state index contributed by atoms with van der Waals surface area (Å²) in [4.78, 5) is 0. The Morgan fingerprint density at radius 2 is 2.33 bits per heavy atom. The van der Waals surface area contributed by atoms with Gasteiger partial charge in [0.05, 0.1) is 12.7 Å². The molecule has 2 atom stereocenters. The van der Waals surface area contributed by atoms with E-state index < -0.39 is 0 Å². The number of oxime groups is 1. The van der Waals surface area contributed by atoms with Gasteiger partial charge in [0.15, 0.2) is 5.84 Å². The molecule has 1 saturated carbocycles. The van der Waals surface area contributed by atoms with Crippen molar-refractivity contribution in [2.75, 3.05) is 13.4 Å². The highest BCUT2D eigenvalue weighted by molar-refractivity contribution is 7.99. The van der Waals surface area contributed by atoms with E-state index in [9.17, 15) is 0 Å². The van der Waals surface area contributed by atoms with Gasteiger partial charge in [-0.1, -0.05) is 17.6 Å². The fourth-order valence-electron chi connectivity index (χ4n) is 2.80. The molecule has 0 aromatic heterocycles. The molecule has 1 aromatic rings. The molecule has 2 rings (SSSR count). The number of nitrogens with two attached hydrogens (primary N) is 1. The van der Waals surface area contributed by atoms with Crippen LogP contribution in [0.5, 0.6) is 5.75 Å². The first-order chi connectivity index (χ1) is 10.2. The molecule has 1 fully saturated rings. The van der Waals surface area contributed by atoms with Gasteiger partial charge >= 0.3 is 0 Å². The Morgan fingerprint density at radius 3 is 3.00 bits per heavy atom. The number of nitrogens with zero attached hydrogens (tertiary/aromatic N) is 1. The Morgan fingerprint density at radius 1 is 1.52 bits per heavy atom. The van der Waals surface area contributed by atoms with Crippen LogP contribution in [0.25, 0.3) is 0 Å². The number of ether oxygens (including phenoxy) is 1. The fraction of sp³-hybridized carbons (Fsp3) is 0.533. The number of thioether (sulfide) groups is 1. The van der Waals surface area contributed by atoms with Crippen molar-refractivity contribution in [1.82, 2.24) is 5.32 Å². The van der Waals surface area contributed by atoms with Crippen molar-refractivity contribution in [1.29, 1.82) is 0 Å². The summed E-state index contributed by atoms with van der Waals surface area (Å²) in [7, 11) is 1.58. The summed E-state index contributed by atoms with van der Waals surface area (Å²) in [5, 5.41) is 16.1. The quantitative estimate of drug-likeness (QED) is 0.325. The summed E-state index contributed by atoms with van der Waals surface area (Å²) >= 11 is 1.95. The predicted molar refractivity (Wildman–Crippen MR) is 87.3 cm³/mol. The molecule has 0 amide bonds. The average Bonchev–Trinajstić information content (AvgIpc) is 2.99. The van der Waals surface area contributed by atoms with Crippen LogP contribution in [0, 0.1) is 0 Å². The van der Waals surface area contributed by atoms with Crippen LogP contribution in [0.2, 0.25) is 0 Å². The largest absolute Gasteiger partial charge is 0.496 e. The number of methoxy groups -OCH3 is 1. The van der Waals surface area contributed by atoms with E-state index in [1.165, 1.54) is 19.3 Å². The fourth-order valence-corrected chi connectivity index (χ4v) is 3.76. The summed E-state index contributed by atoms with van der Waals surface area (Å²) in [5.74, 6) is 0.682. The number of amidine groups is 1. The molecule has 6 heteroatoms. The second kappa shape index (κ2) is 7.56. The first kappa shape index (κ1) is 16.0. The standard InChI is InChI=1S/C15H23N3O2S/c1-20-13-8-10(6-7-11(13)15(16)18-19)9-17-12-4-3-5-14(12)21-2/h6-8,12,14,17,19H,3-5,9H2,1-2H3,(H2,16,18). The van der Waals surface area contributed by atoms with Gasteiger partial charge in [-0.05, 0) is 36.8 Å². The third kappa shape index (κ3) is 3.83. The highest BCUT2D eigenvalue weighted by atomic mass is 32.2. The maximum absolute atomic E-state index is 8.77. The zero-order valence-corrected chi connectivity index (χ0v) is 13.3. The molecule has 0 heterocycles. The molecular weight excluding hydrogens is 286 g/mol. The van der Waals surface area contributed by atoms with Gasteiger partial charge in [0.1, 0.15) is 5.75 Å². The van der Waals surface area contributed by atoms with Crippen LogP contribution in [0.3, 0.4) is 0 Å². The Bertz CT molecular complexity index is 508. The van der Waals surface area contributed by atoms with E-state index in [4.69, 9.17) is 15.7 Å². The van der Waals surface area contributed by atoms with E-state index in [1.807, 2.05) is 30.0 Å². The third-order valence-electron chi connectivity index (χ3n) is 3.97. The summed E-state index contributed by atoms with van der Waals surface area (Å²) in [6.07, 6.45) is 6.02. The molecule has 1 aromatic carbocycles. The minimum atomic E-state index is 0.0598. The molecule has 0 radical (unpaired) electrons. The molecule has 0 bridgehead atoms. The Kier molecular flexibility index (Phi) is 5.76. The van der Waals surface area contributed by atoms with E-state index in [2.05, 4.69) is 16.7 Å². The molecule has 1 aliphatic carbocycles. The van der Waals surface area contributed by atoms with Gasteiger partial charge in [0.2, 0.25) is 0 Å². The topological polar surface area (TPSA) is 79.9 Å². The van der Waals surface area contributed by atoms with Crippen LogP contribution in [-0.4, -0.2) is 35.7 Å². The van der Waals surface area contributed by atoms with Gasteiger partial charge in [-0.25, -0.2) is 0 Å². The van der Waals surface area contributed by atoms with E-state index in [1.54, 1.807) is 7.11 Å². The van der Waals surface area contributed by atoms with Crippen molar-refractivity contribution in [2.45, 2.75) is 37.1 Å². The van der Waals surface area contributed by atoms with Gasteiger partial charge in [-0.2, -0.15) is 11.8 Å². The van der Waals surface area contributed by atoms with E-state index in [-0.39, 0.29) is 5.84 Å². The SMILES string of the molecule is COc1cc(CNC2CCCC2SC)ccc1/C(N)=N/O. The lowest BCUT2D eigenvalue weighted by Gasteiger charge is -2.19. The van der Waals surface area contributed by atoms with Gasteiger partial charge in [-0.3, -0.25) is 0 Å². The molecule has 0 saturated heterocycles. The number of hydrogen-bond donors (Lipinski definition) is 3. The van der Waals surface area contributed by atoms with Crippen LogP contribution in [0.15, 0.2) is 23.4 Å². The lowest BCUT2D eigenvalue weighted by molar-refractivity contribution is 0.318. The van der Waals surface area contributed by atoms with Crippen LogP contribution in [0.1, 0.15) is 30.4 Å². The molecule has 4 N–H and O–H groups in total. The molecular formula is C15H23N3O2S. The molecule has 1 aliphatic rings. The second-order valence-electron chi connectivity index (χ2n) is 5.21. The third-order valence-corrected chi connectivity index (χ3v) is 5.14. The van der Waals surface area contributed by atoms with Crippen LogP contribution in [-0.2, 0) is 6.54 Å². The smallest absolute Gasteiger partial charge is 0.173 e. The highest BCUT2D eigenvalue weighted by Gasteiger charge is 2.25. The maximum atomic E-state index is 8.77. The summed E-state index contributed by atoms with van der Waals surface area (Å²) < 4.78 is 5.32. The van der Waals surface area contributed by atoms with Gasteiger partial charge < -0.3 is 21.0 Å². The van der Waals surface area contributed by atoms with Crippen molar-refractivity contribution < 1.29 is 9.94 Å². The number of rotatable bonds is 6. The van der Waals surface area contributed by atoms with Crippen molar-refractivity contribution in [2.24, 2.45) is 10.9 Å². The highest BCUT2D eigenvalue weighted by Crippen LogP contribution is 2.28. The number of hydrogen-bond acceptors (Lipinski definition) is 5. The average molecular weight is 309 g/mol. The summed E-state index contributed by atoms with van der Waals surface area (Å²) in [5.41, 5.74) is 7.37. The molecule has 116 valence electrons. The van der Waals surface area contributed by atoms with Crippen molar-refractivity contribution in [3.8, 4) is 5.75 Å². The zero-order chi connectivity index (χ0) is 15.2. The van der Waals surface area contributed by atoms with E-state index in [0.29, 0.717) is 22.6 Å². The molecule has 5 nitrogen and oxygen atoms in total. The molecule has 0 aliphatic heterocycles. The zero-order valence-electron chi connectivity index (χ0n) is 12.5.